The second-order valence-corrected chi connectivity index (χ2v) is 10.8. The predicted molar refractivity (Wildman–Crippen MR) is 141 cm³/mol. The molecule has 4 rings (SSSR count). The Bertz CT molecular complexity index is 1450. The zero-order valence-electron chi connectivity index (χ0n) is 21.8. The fourth-order valence-corrected chi connectivity index (χ4v) is 5.43. The van der Waals surface area contributed by atoms with E-state index in [1.54, 1.807) is 44.2 Å². The Kier molecular flexibility index (Phi) is 8.73. The lowest BCUT2D eigenvalue weighted by Crippen LogP contribution is -2.37. The number of hydrogen-bond acceptors (Lipinski definition) is 13. The van der Waals surface area contributed by atoms with E-state index in [4.69, 9.17) is 35.5 Å². The number of fused-ring (bicyclic) bond motifs is 1. The third-order valence-electron chi connectivity index (χ3n) is 5.70. The first-order chi connectivity index (χ1) is 19.0. The number of rotatable bonds is 11. The van der Waals surface area contributed by atoms with E-state index < -0.39 is 56.9 Å². The number of benzene rings is 1. The minimum Gasteiger partial charge on any atom is -0.462 e. The summed E-state index contributed by atoms with van der Waals surface area (Å²) in [5, 5.41) is 17.2. The maximum Gasteiger partial charge on any atom is 0.459 e. The molecule has 6 atom stereocenters. The van der Waals surface area contributed by atoms with Gasteiger partial charge in [-0.15, -0.1) is 0 Å². The Balaban J connectivity index is 1.57. The van der Waals surface area contributed by atoms with Gasteiger partial charge in [0.05, 0.1) is 25.1 Å². The maximum atomic E-state index is 13.8. The zero-order chi connectivity index (χ0) is 29.0. The summed E-state index contributed by atoms with van der Waals surface area (Å²) in [6, 6.07) is 5.90. The minimum atomic E-state index is -4.26. The Morgan fingerprint density at radius 1 is 1.30 bits per heavy atom. The Labute approximate surface area is 228 Å². The summed E-state index contributed by atoms with van der Waals surface area (Å²) in [6.45, 7) is 4.29. The van der Waals surface area contributed by atoms with Crippen LogP contribution in [0.5, 0.6) is 5.75 Å². The fourth-order valence-electron chi connectivity index (χ4n) is 3.93. The van der Waals surface area contributed by atoms with Crippen molar-refractivity contribution in [3.05, 3.63) is 47.1 Å². The monoisotopic (exact) mass is 576 g/mol. The van der Waals surface area contributed by atoms with Crippen LogP contribution < -0.4 is 21.1 Å². The second kappa shape index (κ2) is 12.0. The number of aromatic nitrogens is 4. The molecule has 0 saturated carbocycles. The van der Waals surface area contributed by atoms with Crippen LogP contribution in [0.25, 0.3) is 21.6 Å². The van der Waals surface area contributed by atoms with Crippen LogP contribution in [0.4, 0.5) is 11.8 Å². The average Bonchev–Trinajstić information content (AvgIpc) is 3.44. The molecule has 1 saturated heterocycles. The van der Waals surface area contributed by atoms with Crippen molar-refractivity contribution in [2.24, 2.45) is 5.11 Å². The molecule has 0 bridgehead atoms. The lowest BCUT2D eigenvalue weighted by molar-refractivity contribution is -0.149. The molecule has 0 spiro atoms. The average molecular weight is 577 g/mol. The number of carbonyl (C=O) groups is 1. The van der Waals surface area contributed by atoms with Crippen LogP contribution in [-0.2, 0) is 23.4 Å². The summed E-state index contributed by atoms with van der Waals surface area (Å²) >= 11 is 0. The first-order valence-corrected chi connectivity index (χ1v) is 13.7. The van der Waals surface area contributed by atoms with Crippen LogP contribution in [0.15, 0.2) is 41.8 Å². The van der Waals surface area contributed by atoms with Crippen LogP contribution in [0, 0.1) is 0 Å². The fraction of sp³-hybridized carbons (Fsp3) is 0.455. The molecule has 1 aliphatic rings. The first kappa shape index (κ1) is 29.0. The van der Waals surface area contributed by atoms with Crippen LogP contribution in [0.2, 0.25) is 0 Å². The molecule has 0 amide bonds. The molecule has 3 aromatic rings. The molecule has 214 valence electrons. The number of para-hydroxylation sites is 1. The molecule has 18 heteroatoms. The summed E-state index contributed by atoms with van der Waals surface area (Å²) in [5.74, 6) is -0.584. The van der Waals surface area contributed by atoms with Gasteiger partial charge in [-0.05, 0) is 38.4 Å². The number of ether oxygens (including phenoxy) is 2. The molecule has 0 radical (unpaired) electrons. The molecule has 17 nitrogen and oxygen atoms in total. The maximum absolute atomic E-state index is 13.8. The summed E-state index contributed by atoms with van der Waals surface area (Å²) in [4.78, 5) is 27.3. The van der Waals surface area contributed by atoms with Crippen LogP contribution in [0.3, 0.4) is 0 Å². The Hall–Kier alpha value is -3.98. The lowest BCUT2D eigenvalue weighted by atomic mass is 10.1. The van der Waals surface area contributed by atoms with Gasteiger partial charge in [0.15, 0.2) is 11.5 Å². The van der Waals surface area contributed by atoms with Crippen LogP contribution >= 0.6 is 7.75 Å². The number of aliphatic hydroxyl groups is 1. The smallest absolute Gasteiger partial charge is 0.459 e. The number of hydrogen-bond donors (Lipinski definition) is 4. The number of nitrogens with two attached hydrogens (primary N) is 2. The molecule has 1 aromatic carbocycles. The number of azide groups is 1. The van der Waals surface area contributed by atoms with Gasteiger partial charge in [0.25, 0.3) is 0 Å². The van der Waals surface area contributed by atoms with Gasteiger partial charge in [-0.25, -0.2) is 9.55 Å². The van der Waals surface area contributed by atoms with Gasteiger partial charge in [0.1, 0.15) is 35.7 Å². The highest BCUT2D eigenvalue weighted by Gasteiger charge is 2.46. The molecule has 0 aliphatic carbocycles. The van der Waals surface area contributed by atoms with Gasteiger partial charge in [-0.2, -0.15) is 15.1 Å². The van der Waals surface area contributed by atoms with Gasteiger partial charge < -0.3 is 30.6 Å². The third-order valence-corrected chi connectivity index (χ3v) is 7.34. The number of imidazole rings is 1. The van der Waals surface area contributed by atoms with Crippen molar-refractivity contribution < 1.29 is 33.0 Å². The van der Waals surface area contributed by atoms with E-state index >= 15 is 0 Å². The van der Waals surface area contributed by atoms with Crippen LogP contribution in [-0.4, -0.2) is 67.6 Å². The number of carbonyl (C=O) groups excluding carboxylic acids is 1. The van der Waals surface area contributed by atoms with E-state index in [0.717, 1.165) is 0 Å². The first-order valence-electron chi connectivity index (χ1n) is 12.1. The molecule has 2 unspecified atom stereocenters. The molecule has 1 aliphatic heterocycles. The van der Waals surface area contributed by atoms with E-state index in [1.165, 1.54) is 17.8 Å². The van der Waals surface area contributed by atoms with Gasteiger partial charge >= 0.3 is 13.7 Å². The zero-order valence-corrected chi connectivity index (χ0v) is 22.7. The third kappa shape index (κ3) is 6.42. The van der Waals surface area contributed by atoms with Gasteiger partial charge in [0, 0.05) is 4.91 Å². The van der Waals surface area contributed by atoms with E-state index in [0.29, 0.717) is 0 Å². The molecule has 2 aromatic heterocycles. The van der Waals surface area contributed by atoms with Crippen molar-refractivity contribution in [1.29, 1.82) is 0 Å². The summed E-state index contributed by atoms with van der Waals surface area (Å²) in [6.07, 6.45) is -2.77. The number of nitrogens with zero attached hydrogens (tertiary/aromatic N) is 7. The Morgan fingerprint density at radius 3 is 2.70 bits per heavy atom. The SMILES string of the molecule is CC(C)OC(=O)[C@H](C)NP(=O)(OC[C@H]1O[C@@H](n2cnc3c(N)nc(N)nc32)C(N=[N+]=[N-])[C@@H]1O)Oc1ccccc1. The number of anilines is 2. The van der Waals surface area contributed by atoms with Gasteiger partial charge in [-0.1, -0.05) is 23.3 Å². The molecule has 40 heavy (non-hydrogen) atoms. The molecule has 1 fully saturated rings. The van der Waals surface area contributed by atoms with Crippen molar-refractivity contribution in [2.45, 2.75) is 57.4 Å². The topological polar surface area (TPSA) is 248 Å². The minimum absolute atomic E-state index is 0.0233. The van der Waals surface area contributed by atoms with E-state index in [1.807, 2.05) is 0 Å². The highest BCUT2D eigenvalue weighted by molar-refractivity contribution is 7.52. The predicted octanol–water partition coefficient (Wildman–Crippen LogP) is 2.06. The summed E-state index contributed by atoms with van der Waals surface area (Å²) < 4.78 is 37.5. The number of nitrogen functional groups attached to an aromatic ring is 2. The summed E-state index contributed by atoms with van der Waals surface area (Å²) in [5.41, 5.74) is 21.1. The van der Waals surface area contributed by atoms with Crippen molar-refractivity contribution >= 4 is 36.6 Å². The van der Waals surface area contributed by atoms with Crippen LogP contribution in [0.1, 0.15) is 27.0 Å². The summed E-state index contributed by atoms with van der Waals surface area (Å²) in [7, 11) is -4.26. The second-order valence-electron chi connectivity index (χ2n) is 9.08. The molecule has 6 N–H and O–H groups in total. The number of aliphatic hydroxyl groups excluding tert-OH is 1. The highest BCUT2D eigenvalue weighted by Crippen LogP contribution is 2.46. The highest BCUT2D eigenvalue weighted by atomic mass is 31.2. The van der Waals surface area contributed by atoms with E-state index in [9.17, 15) is 14.5 Å². The van der Waals surface area contributed by atoms with Gasteiger partial charge in [0.2, 0.25) is 5.95 Å². The molecule has 3 heterocycles. The number of esters is 1. The molecular formula is C22H29N10O7P. The van der Waals surface area contributed by atoms with Gasteiger partial charge in [-0.3, -0.25) is 13.9 Å². The molecular weight excluding hydrogens is 547 g/mol. The quantitative estimate of drug-likeness (QED) is 0.0840. The van der Waals surface area contributed by atoms with Crippen molar-refractivity contribution in [3.8, 4) is 5.75 Å². The Morgan fingerprint density at radius 2 is 2.02 bits per heavy atom. The lowest BCUT2D eigenvalue weighted by Gasteiger charge is -2.25. The normalized spacial score (nSPS) is 22.9. The largest absolute Gasteiger partial charge is 0.462 e. The van der Waals surface area contributed by atoms with E-state index in [2.05, 4.69) is 30.1 Å². The number of nitrogens with one attached hydrogen (secondary N) is 1. The van der Waals surface area contributed by atoms with Crippen molar-refractivity contribution in [3.63, 3.8) is 0 Å². The van der Waals surface area contributed by atoms with Crippen molar-refractivity contribution in [2.75, 3.05) is 18.1 Å². The van der Waals surface area contributed by atoms with Crippen molar-refractivity contribution in [1.82, 2.24) is 24.6 Å². The standard InChI is InChI=1S/C22H29N10O7P/c1-11(2)37-21(34)12(3)30-40(35,39-13-7-5-4-6-8-13)36-9-14-17(33)15(29-31-25)20(38-14)32-10-26-16-18(23)27-22(24)28-19(16)32/h4-8,10-12,14-15,17,20,33H,9H2,1-3H3,(H,30,35)(H4,23,24,27,28)/t12-,14+,15?,17+,20+,40?/m0/s1. The van der Waals surface area contributed by atoms with E-state index in [-0.39, 0.29) is 28.7 Å².